The number of fused-ring (bicyclic) bond motifs is 1. The second-order valence-electron chi connectivity index (χ2n) is 6.77. The van der Waals surface area contributed by atoms with Crippen LogP contribution in [0.4, 0.5) is 4.39 Å². The molecule has 3 heterocycles. The number of likely N-dealkylation sites (tertiary alicyclic amines) is 1. The molecule has 3 aromatic rings. The first-order valence-electron chi connectivity index (χ1n) is 8.88. The van der Waals surface area contributed by atoms with Gasteiger partial charge in [-0.15, -0.1) is 0 Å². The topological polar surface area (TPSA) is 59.0 Å². The highest BCUT2D eigenvalue weighted by molar-refractivity contribution is 8.00. The number of thioether (sulfide) groups is 1. The van der Waals surface area contributed by atoms with Crippen molar-refractivity contribution in [2.24, 2.45) is 5.92 Å². The molecule has 1 aromatic carbocycles. The Morgan fingerprint density at radius 2 is 2.15 bits per heavy atom. The van der Waals surface area contributed by atoms with E-state index >= 15 is 0 Å². The van der Waals surface area contributed by atoms with E-state index in [1.165, 1.54) is 48.2 Å². The zero-order valence-corrected chi connectivity index (χ0v) is 16.5. The molecular weight excluding hydrogens is 383 g/mol. The fourth-order valence-corrected chi connectivity index (χ4v) is 5.10. The average molecular weight is 403 g/mol. The molecule has 0 spiro atoms. The van der Waals surface area contributed by atoms with Gasteiger partial charge in [-0.2, -0.15) is 4.37 Å². The van der Waals surface area contributed by atoms with Gasteiger partial charge >= 0.3 is 0 Å². The molecule has 0 aliphatic carbocycles. The maximum absolute atomic E-state index is 13.2. The maximum atomic E-state index is 13.2. The Morgan fingerprint density at radius 1 is 1.33 bits per heavy atom. The summed E-state index contributed by atoms with van der Waals surface area (Å²) in [7, 11) is 0. The summed E-state index contributed by atoms with van der Waals surface area (Å²) in [5, 5.41) is 0.768. The first-order valence-corrected chi connectivity index (χ1v) is 10.6. The molecule has 8 heteroatoms. The van der Waals surface area contributed by atoms with Gasteiger partial charge in [-0.05, 0) is 54.6 Å². The third kappa shape index (κ3) is 3.96. The molecule has 0 radical (unpaired) electrons. The molecule has 0 saturated carbocycles. The molecule has 140 valence electrons. The van der Waals surface area contributed by atoms with Gasteiger partial charge in [0.25, 0.3) is 0 Å². The molecule has 1 aliphatic rings. The lowest BCUT2D eigenvalue weighted by Crippen LogP contribution is -2.40. The molecule has 0 bridgehead atoms. The molecule has 1 atom stereocenters. The molecule has 1 unspecified atom stereocenters. The number of nitrogens with zero attached hydrogens (tertiary/aromatic N) is 4. The summed E-state index contributed by atoms with van der Waals surface area (Å²) in [4.78, 5) is 23.2. The minimum absolute atomic E-state index is 0.154. The van der Waals surface area contributed by atoms with Crippen LogP contribution in [0.2, 0.25) is 0 Å². The van der Waals surface area contributed by atoms with Crippen LogP contribution in [-0.2, 0) is 4.79 Å². The molecule has 27 heavy (non-hydrogen) atoms. The number of benzene rings is 1. The first kappa shape index (κ1) is 18.3. The minimum Gasteiger partial charge on any atom is -0.342 e. The van der Waals surface area contributed by atoms with Crippen molar-refractivity contribution in [3.8, 4) is 11.3 Å². The highest BCUT2D eigenvalue weighted by Gasteiger charge is 2.22. The Morgan fingerprint density at radius 3 is 2.93 bits per heavy atom. The smallest absolute Gasteiger partial charge is 0.232 e. The van der Waals surface area contributed by atoms with E-state index in [4.69, 9.17) is 0 Å². The number of aromatic nitrogens is 3. The van der Waals surface area contributed by atoms with Crippen LogP contribution in [0.3, 0.4) is 0 Å². The summed E-state index contributed by atoms with van der Waals surface area (Å²) in [6.07, 6.45) is 3.77. The van der Waals surface area contributed by atoms with E-state index in [1.54, 1.807) is 12.1 Å². The Labute approximate surface area is 165 Å². The Kier molecular flexibility index (Phi) is 5.36. The van der Waals surface area contributed by atoms with Crippen LogP contribution < -0.4 is 0 Å². The van der Waals surface area contributed by atoms with E-state index in [-0.39, 0.29) is 11.7 Å². The number of carbonyl (C=O) groups excluding carboxylic acids is 1. The van der Waals surface area contributed by atoms with Gasteiger partial charge in [0, 0.05) is 18.7 Å². The molecule has 0 N–H and O–H groups in total. The van der Waals surface area contributed by atoms with Crippen LogP contribution in [0, 0.1) is 11.7 Å². The third-order valence-corrected chi connectivity index (χ3v) is 6.63. The van der Waals surface area contributed by atoms with Crippen LogP contribution in [0.5, 0.6) is 0 Å². The number of piperidine rings is 1. The maximum Gasteiger partial charge on any atom is 0.232 e. The van der Waals surface area contributed by atoms with E-state index in [9.17, 15) is 9.18 Å². The molecule has 1 saturated heterocycles. The molecule has 1 fully saturated rings. The van der Waals surface area contributed by atoms with Gasteiger partial charge in [0.1, 0.15) is 33.1 Å². The predicted octanol–water partition coefficient (Wildman–Crippen LogP) is 4.24. The molecule has 1 aliphatic heterocycles. The average Bonchev–Trinajstić information content (AvgIpc) is 3.11. The van der Waals surface area contributed by atoms with Gasteiger partial charge in [-0.3, -0.25) is 4.79 Å². The summed E-state index contributed by atoms with van der Waals surface area (Å²) >= 11 is 2.74. The number of carbonyl (C=O) groups is 1. The van der Waals surface area contributed by atoms with Crippen molar-refractivity contribution in [3.05, 3.63) is 36.4 Å². The lowest BCUT2D eigenvalue weighted by atomic mass is 10.0. The SMILES string of the molecule is CC1CCCN(C(=O)CSc2ncnc3c(-c4ccc(F)cc4)nsc23)C1. The van der Waals surface area contributed by atoms with Crippen molar-refractivity contribution in [2.75, 3.05) is 18.8 Å². The van der Waals surface area contributed by atoms with Crippen LogP contribution in [-0.4, -0.2) is 44.0 Å². The van der Waals surface area contributed by atoms with Crippen molar-refractivity contribution in [1.82, 2.24) is 19.2 Å². The van der Waals surface area contributed by atoms with E-state index in [0.29, 0.717) is 11.7 Å². The summed E-state index contributed by atoms with van der Waals surface area (Å²) in [6, 6.07) is 6.21. The van der Waals surface area contributed by atoms with Gasteiger partial charge in [-0.25, -0.2) is 14.4 Å². The summed E-state index contributed by atoms with van der Waals surface area (Å²) < 4.78 is 18.5. The van der Waals surface area contributed by atoms with Crippen molar-refractivity contribution >= 4 is 39.4 Å². The fourth-order valence-electron chi connectivity index (χ4n) is 3.28. The van der Waals surface area contributed by atoms with Crippen molar-refractivity contribution in [2.45, 2.75) is 24.8 Å². The van der Waals surface area contributed by atoms with E-state index in [2.05, 4.69) is 21.3 Å². The van der Waals surface area contributed by atoms with E-state index < -0.39 is 0 Å². The highest BCUT2D eigenvalue weighted by atomic mass is 32.2. The van der Waals surface area contributed by atoms with Crippen LogP contribution in [0.15, 0.2) is 35.6 Å². The summed E-state index contributed by atoms with van der Waals surface area (Å²) in [6.45, 7) is 3.88. The number of hydrogen-bond acceptors (Lipinski definition) is 6. The lowest BCUT2D eigenvalue weighted by Gasteiger charge is -2.30. The standard InChI is InChI=1S/C19H19FN4OS2/c1-12-3-2-8-24(9-12)15(25)10-26-19-18-17(21-11-22-19)16(23-27-18)13-4-6-14(20)7-5-13/h4-7,11-12H,2-3,8-10H2,1H3. The molecule has 1 amide bonds. The van der Waals surface area contributed by atoms with E-state index in [0.717, 1.165) is 46.0 Å². The van der Waals surface area contributed by atoms with Crippen LogP contribution >= 0.6 is 23.3 Å². The number of rotatable bonds is 4. The summed E-state index contributed by atoms with van der Waals surface area (Å²) in [5.74, 6) is 0.803. The largest absolute Gasteiger partial charge is 0.342 e. The zero-order chi connectivity index (χ0) is 18.8. The van der Waals surface area contributed by atoms with Crippen molar-refractivity contribution < 1.29 is 9.18 Å². The zero-order valence-electron chi connectivity index (χ0n) is 14.9. The Bertz CT molecular complexity index is 960. The van der Waals surface area contributed by atoms with Crippen molar-refractivity contribution in [1.29, 1.82) is 0 Å². The van der Waals surface area contributed by atoms with Gasteiger partial charge in [0.15, 0.2) is 0 Å². The molecule has 4 rings (SSSR count). The number of amides is 1. The highest BCUT2D eigenvalue weighted by Crippen LogP contribution is 2.34. The second kappa shape index (κ2) is 7.90. The van der Waals surface area contributed by atoms with Gasteiger partial charge < -0.3 is 4.90 Å². The molecule has 2 aromatic heterocycles. The second-order valence-corrected chi connectivity index (χ2v) is 8.51. The third-order valence-electron chi connectivity index (χ3n) is 4.68. The quantitative estimate of drug-likeness (QED) is 0.482. The van der Waals surface area contributed by atoms with Crippen LogP contribution in [0.1, 0.15) is 19.8 Å². The minimum atomic E-state index is -0.283. The van der Waals surface area contributed by atoms with Crippen molar-refractivity contribution in [3.63, 3.8) is 0 Å². The molecular formula is C19H19FN4OS2. The lowest BCUT2D eigenvalue weighted by molar-refractivity contribution is -0.130. The van der Waals surface area contributed by atoms with Gasteiger partial charge in [-0.1, -0.05) is 18.7 Å². The van der Waals surface area contributed by atoms with E-state index in [1.807, 2.05) is 4.90 Å². The first-order chi connectivity index (χ1) is 13.1. The number of halogens is 1. The Hall–Kier alpha value is -2.06. The van der Waals surface area contributed by atoms with Gasteiger partial charge in [0.2, 0.25) is 5.91 Å². The number of hydrogen-bond donors (Lipinski definition) is 0. The van der Waals surface area contributed by atoms with Gasteiger partial charge in [0.05, 0.1) is 5.75 Å². The molecule has 5 nitrogen and oxygen atoms in total. The van der Waals surface area contributed by atoms with Crippen LogP contribution in [0.25, 0.3) is 21.5 Å². The monoisotopic (exact) mass is 402 g/mol. The fraction of sp³-hybridized carbons (Fsp3) is 0.368. The Balaban J connectivity index is 1.53. The normalized spacial score (nSPS) is 17.4. The predicted molar refractivity (Wildman–Crippen MR) is 106 cm³/mol. The summed E-state index contributed by atoms with van der Waals surface area (Å²) in [5.41, 5.74) is 2.27.